The maximum Gasteiger partial charge on any atom is 0.407 e. The van der Waals surface area contributed by atoms with E-state index < -0.39 is 5.60 Å². The number of nitrogens with zero attached hydrogens (tertiary/aromatic N) is 2. The van der Waals surface area contributed by atoms with Crippen molar-refractivity contribution in [3.63, 3.8) is 0 Å². The van der Waals surface area contributed by atoms with Crippen LogP contribution in [0.25, 0.3) is 0 Å². The molecule has 1 heterocycles. The maximum absolute atomic E-state index is 11.9. The number of carbonyl (C=O) groups is 1. The summed E-state index contributed by atoms with van der Waals surface area (Å²) in [6.07, 6.45) is 5.16. The lowest BCUT2D eigenvalue weighted by molar-refractivity contribution is 0.0490. The number of alkyl carbamates (subject to hydrolysis) is 1. The van der Waals surface area contributed by atoms with Gasteiger partial charge in [0.05, 0.1) is 12.7 Å². The van der Waals surface area contributed by atoms with E-state index in [-0.39, 0.29) is 41.5 Å². The van der Waals surface area contributed by atoms with Gasteiger partial charge in [0.1, 0.15) is 11.4 Å². The van der Waals surface area contributed by atoms with Crippen LogP contribution in [0.1, 0.15) is 78.9 Å². The number of halogens is 1. The number of aliphatic imine (C=N–C) groups is 1. The second-order valence-electron chi connectivity index (χ2n) is 9.63. The van der Waals surface area contributed by atoms with Crippen molar-refractivity contribution in [1.82, 2.24) is 20.9 Å². The number of amides is 1. The van der Waals surface area contributed by atoms with Gasteiger partial charge in [-0.15, -0.1) is 24.0 Å². The monoisotopic (exact) mass is 535 g/mol. The minimum Gasteiger partial charge on any atom is -0.444 e. The third kappa shape index (κ3) is 9.09. The zero-order valence-electron chi connectivity index (χ0n) is 19.3. The molecular formula is C21H38IN5O3. The van der Waals surface area contributed by atoms with Crippen LogP contribution in [0.15, 0.2) is 15.6 Å². The molecule has 1 aliphatic rings. The molecule has 1 fully saturated rings. The summed E-state index contributed by atoms with van der Waals surface area (Å²) in [5.74, 6) is 2.24. The Morgan fingerprint density at radius 1 is 1.13 bits per heavy atom. The molecule has 1 aliphatic carbocycles. The molecule has 0 bridgehead atoms. The fourth-order valence-corrected chi connectivity index (χ4v) is 3.14. The molecule has 1 saturated carbocycles. The molecule has 172 valence electrons. The van der Waals surface area contributed by atoms with Crippen molar-refractivity contribution in [3.05, 3.63) is 17.8 Å². The molecule has 0 saturated heterocycles. The third-order valence-corrected chi connectivity index (χ3v) is 4.71. The van der Waals surface area contributed by atoms with Crippen LogP contribution in [0.3, 0.4) is 0 Å². The van der Waals surface area contributed by atoms with Crippen LogP contribution in [0, 0.1) is 0 Å². The van der Waals surface area contributed by atoms with Crippen LogP contribution in [0.2, 0.25) is 0 Å². The Balaban J connectivity index is 0.00000450. The Kier molecular flexibility index (Phi) is 9.90. The number of hydrogen-bond acceptors (Lipinski definition) is 5. The molecule has 0 aromatic carbocycles. The molecule has 9 heteroatoms. The maximum atomic E-state index is 11.9. The van der Waals surface area contributed by atoms with Gasteiger partial charge >= 0.3 is 6.09 Å². The second kappa shape index (κ2) is 11.2. The van der Waals surface area contributed by atoms with E-state index in [9.17, 15) is 4.79 Å². The van der Waals surface area contributed by atoms with Crippen molar-refractivity contribution < 1.29 is 13.9 Å². The smallest absolute Gasteiger partial charge is 0.407 e. The normalized spacial score (nSPS) is 20.2. The molecule has 0 aliphatic heterocycles. The molecular weight excluding hydrogens is 497 g/mol. The first-order chi connectivity index (χ1) is 13.5. The van der Waals surface area contributed by atoms with Crippen molar-refractivity contribution in [2.75, 3.05) is 7.05 Å². The average molecular weight is 535 g/mol. The molecule has 0 spiro atoms. The van der Waals surface area contributed by atoms with E-state index in [1.807, 2.05) is 20.8 Å². The molecule has 8 nitrogen and oxygen atoms in total. The van der Waals surface area contributed by atoms with Gasteiger partial charge in [0.25, 0.3) is 0 Å². The van der Waals surface area contributed by atoms with Crippen molar-refractivity contribution in [2.45, 2.75) is 96.9 Å². The van der Waals surface area contributed by atoms with Crippen LogP contribution >= 0.6 is 24.0 Å². The Morgan fingerprint density at radius 2 is 1.70 bits per heavy atom. The number of carbonyl (C=O) groups excluding carboxylic acids is 1. The SMILES string of the molecule is CN=C(NCc1ncc(C(C)(C)C)o1)NC1CCC(NC(=O)OC(C)(C)C)CC1.I. The van der Waals surface area contributed by atoms with E-state index in [2.05, 4.69) is 46.7 Å². The largest absolute Gasteiger partial charge is 0.444 e. The van der Waals surface area contributed by atoms with Crippen molar-refractivity contribution in [2.24, 2.45) is 4.99 Å². The number of oxazole rings is 1. The minimum absolute atomic E-state index is 0. The summed E-state index contributed by atoms with van der Waals surface area (Å²) in [7, 11) is 1.75. The van der Waals surface area contributed by atoms with Gasteiger partial charge < -0.3 is 25.1 Å². The highest BCUT2D eigenvalue weighted by molar-refractivity contribution is 14.0. The molecule has 1 aromatic heterocycles. The lowest BCUT2D eigenvalue weighted by atomic mass is 9.91. The van der Waals surface area contributed by atoms with Gasteiger partial charge in [-0.25, -0.2) is 9.78 Å². The number of nitrogens with one attached hydrogen (secondary N) is 3. The number of guanidine groups is 1. The van der Waals surface area contributed by atoms with Crippen LogP contribution in [-0.2, 0) is 16.7 Å². The standard InChI is InChI=1S/C21H37N5O3.HI/c1-20(2,3)16-12-23-17(28-16)13-24-18(22-7)25-14-8-10-15(11-9-14)26-19(27)29-21(4,5)6;/h12,14-15H,8-11,13H2,1-7H3,(H,26,27)(H2,22,24,25);1H. The molecule has 30 heavy (non-hydrogen) atoms. The topological polar surface area (TPSA) is 101 Å². The van der Waals surface area contributed by atoms with Crippen LogP contribution in [-0.4, -0.2) is 41.8 Å². The summed E-state index contributed by atoms with van der Waals surface area (Å²) in [4.78, 5) is 20.6. The quantitative estimate of drug-likeness (QED) is 0.305. The first-order valence-electron chi connectivity index (χ1n) is 10.4. The number of ether oxygens (including phenoxy) is 1. The fourth-order valence-electron chi connectivity index (χ4n) is 3.14. The summed E-state index contributed by atoms with van der Waals surface area (Å²) in [5.41, 5.74) is -0.533. The number of rotatable bonds is 4. The molecule has 0 atom stereocenters. The highest BCUT2D eigenvalue weighted by atomic mass is 127. The molecule has 1 aromatic rings. The van der Waals surface area contributed by atoms with Gasteiger partial charge in [0.15, 0.2) is 5.96 Å². The summed E-state index contributed by atoms with van der Waals surface area (Å²) in [6, 6.07) is 0.466. The highest BCUT2D eigenvalue weighted by Crippen LogP contribution is 2.22. The molecule has 0 radical (unpaired) electrons. The molecule has 0 unspecified atom stereocenters. The molecule has 3 N–H and O–H groups in total. The van der Waals surface area contributed by atoms with Crippen molar-refractivity contribution in [1.29, 1.82) is 0 Å². The van der Waals surface area contributed by atoms with Gasteiger partial charge in [0.2, 0.25) is 5.89 Å². The van der Waals surface area contributed by atoms with Gasteiger partial charge in [-0.2, -0.15) is 0 Å². The zero-order valence-corrected chi connectivity index (χ0v) is 21.6. The van der Waals surface area contributed by atoms with Crippen molar-refractivity contribution in [3.8, 4) is 0 Å². The Bertz CT molecular complexity index is 698. The third-order valence-electron chi connectivity index (χ3n) is 4.71. The Morgan fingerprint density at radius 3 is 2.17 bits per heavy atom. The first-order valence-corrected chi connectivity index (χ1v) is 10.4. The summed E-state index contributed by atoms with van der Waals surface area (Å²) >= 11 is 0. The lowest BCUT2D eigenvalue weighted by Crippen LogP contribution is -2.47. The average Bonchev–Trinajstić information content (AvgIpc) is 3.08. The Hall–Kier alpha value is -1.52. The van der Waals surface area contributed by atoms with Crippen LogP contribution in [0.4, 0.5) is 4.79 Å². The Labute approximate surface area is 197 Å². The first kappa shape index (κ1) is 26.5. The lowest BCUT2D eigenvalue weighted by Gasteiger charge is -2.31. The predicted molar refractivity (Wildman–Crippen MR) is 129 cm³/mol. The fraction of sp³-hybridized carbons (Fsp3) is 0.762. The van der Waals surface area contributed by atoms with Crippen LogP contribution < -0.4 is 16.0 Å². The van der Waals surface area contributed by atoms with Gasteiger partial charge in [0, 0.05) is 24.5 Å². The number of hydrogen-bond donors (Lipinski definition) is 3. The molecule has 1 amide bonds. The zero-order chi connectivity index (χ0) is 21.7. The van der Waals surface area contributed by atoms with Gasteiger partial charge in [-0.1, -0.05) is 20.8 Å². The van der Waals surface area contributed by atoms with Gasteiger partial charge in [-0.3, -0.25) is 4.99 Å². The second-order valence-corrected chi connectivity index (χ2v) is 9.63. The highest BCUT2D eigenvalue weighted by Gasteiger charge is 2.25. The van der Waals surface area contributed by atoms with Gasteiger partial charge in [-0.05, 0) is 46.5 Å². The summed E-state index contributed by atoms with van der Waals surface area (Å²) in [5, 5.41) is 9.68. The van der Waals surface area contributed by atoms with E-state index >= 15 is 0 Å². The predicted octanol–water partition coefficient (Wildman–Crippen LogP) is 4.09. The minimum atomic E-state index is -0.475. The van der Waals surface area contributed by atoms with E-state index in [1.165, 1.54) is 0 Å². The van der Waals surface area contributed by atoms with Crippen LogP contribution in [0.5, 0.6) is 0 Å². The van der Waals surface area contributed by atoms with E-state index in [1.54, 1.807) is 13.2 Å². The van der Waals surface area contributed by atoms with E-state index in [4.69, 9.17) is 9.15 Å². The van der Waals surface area contributed by atoms with Crippen molar-refractivity contribution >= 4 is 36.0 Å². The van der Waals surface area contributed by atoms with E-state index in [0.717, 1.165) is 37.4 Å². The summed E-state index contributed by atoms with van der Waals surface area (Å²) < 4.78 is 11.1. The summed E-state index contributed by atoms with van der Waals surface area (Å²) in [6.45, 7) is 12.4. The van der Waals surface area contributed by atoms with E-state index in [0.29, 0.717) is 18.5 Å². The molecule has 2 rings (SSSR count). The number of aromatic nitrogens is 1.